The summed E-state index contributed by atoms with van der Waals surface area (Å²) in [5.74, 6) is 0.606. The molecule has 0 saturated heterocycles. The Morgan fingerprint density at radius 1 is 0.441 bits per heavy atom. The van der Waals surface area contributed by atoms with Crippen molar-refractivity contribution in [3.63, 3.8) is 0 Å². The molecule has 0 rings (SSSR count). The van der Waals surface area contributed by atoms with Crippen LogP contribution in [0.3, 0.4) is 0 Å². The summed E-state index contributed by atoms with van der Waals surface area (Å²) in [4.78, 5) is 0. The third-order valence-corrected chi connectivity index (χ3v) is 5.54. The van der Waals surface area contributed by atoms with Gasteiger partial charge in [0.15, 0.2) is 8.32 Å². The molecule has 0 bridgehead atoms. The second-order valence-electron chi connectivity index (χ2n) is 8.84. The van der Waals surface area contributed by atoms with Crippen LogP contribution < -0.4 is 0 Å². The second kappa shape index (κ2) is 25.9. The van der Waals surface area contributed by atoms with Gasteiger partial charge in [-0.1, -0.05) is 20.3 Å². The Balaban J connectivity index is 3.05. The third kappa shape index (κ3) is 29.9. The first-order valence-electron chi connectivity index (χ1n) is 12.7. The molecule has 0 aromatic rings. The van der Waals surface area contributed by atoms with Crippen LogP contribution in [0.25, 0.3) is 0 Å². The highest BCUT2D eigenvalue weighted by molar-refractivity contribution is 6.69. The van der Waals surface area contributed by atoms with Gasteiger partial charge in [-0.15, -0.1) is 0 Å². The molecule has 0 saturated carbocycles. The lowest BCUT2D eigenvalue weighted by Crippen LogP contribution is -2.27. The van der Waals surface area contributed by atoms with E-state index in [2.05, 4.69) is 33.5 Å². The molecule has 10 heteroatoms. The Bertz CT molecular complexity index is 397. The van der Waals surface area contributed by atoms with Crippen LogP contribution >= 0.6 is 0 Å². The van der Waals surface area contributed by atoms with Gasteiger partial charge < -0.3 is 42.3 Å². The highest BCUT2D eigenvalue weighted by Gasteiger charge is 2.13. The topological polar surface area (TPSA) is 83.1 Å². The van der Waals surface area contributed by atoms with Gasteiger partial charge in [0.1, 0.15) is 0 Å². The van der Waals surface area contributed by atoms with E-state index >= 15 is 0 Å². The number of hydrogen-bond acceptors (Lipinski definition) is 9. The molecule has 1 atom stereocenters. The molecule has 0 heterocycles. The molecule has 0 aromatic heterocycles. The average Bonchev–Trinajstić information content (AvgIpc) is 2.80. The highest BCUT2D eigenvalue weighted by atomic mass is 28.4. The van der Waals surface area contributed by atoms with Gasteiger partial charge >= 0.3 is 0 Å². The Kier molecular flexibility index (Phi) is 25.8. The van der Waals surface area contributed by atoms with Crippen molar-refractivity contribution in [2.45, 2.75) is 39.9 Å². The van der Waals surface area contributed by atoms with Crippen LogP contribution in [0.1, 0.15) is 20.3 Å². The predicted molar refractivity (Wildman–Crippen MR) is 135 cm³/mol. The minimum absolute atomic E-state index is 0.540. The van der Waals surface area contributed by atoms with Gasteiger partial charge in [-0.25, -0.2) is 0 Å². The van der Waals surface area contributed by atoms with Crippen LogP contribution in [0.15, 0.2) is 0 Å². The summed E-state index contributed by atoms with van der Waals surface area (Å²) >= 11 is 0. The summed E-state index contributed by atoms with van der Waals surface area (Å²) in [6.45, 7) is 20.8. The van der Waals surface area contributed by atoms with Crippen LogP contribution in [-0.2, 0) is 42.3 Å². The molecular weight excluding hydrogens is 460 g/mol. The van der Waals surface area contributed by atoms with Crippen molar-refractivity contribution < 1.29 is 42.3 Å². The zero-order chi connectivity index (χ0) is 25.2. The van der Waals surface area contributed by atoms with Crippen molar-refractivity contribution in [3.8, 4) is 0 Å². The summed E-state index contributed by atoms with van der Waals surface area (Å²) in [5, 5.41) is 0. The molecule has 0 aliphatic heterocycles. The van der Waals surface area contributed by atoms with Gasteiger partial charge in [-0.2, -0.15) is 0 Å². The van der Waals surface area contributed by atoms with Crippen LogP contribution in [0, 0.1) is 5.92 Å². The van der Waals surface area contributed by atoms with Gasteiger partial charge in [0, 0.05) is 6.61 Å². The van der Waals surface area contributed by atoms with E-state index in [9.17, 15) is 0 Å². The molecule has 0 aliphatic carbocycles. The van der Waals surface area contributed by atoms with Gasteiger partial charge in [0.25, 0.3) is 0 Å². The van der Waals surface area contributed by atoms with E-state index in [1.807, 2.05) is 0 Å². The molecule has 9 nitrogen and oxygen atoms in total. The number of rotatable bonds is 28. The zero-order valence-corrected chi connectivity index (χ0v) is 23.5. The van der Waals surface area contributed by atoms with Crippen LogP contribution in [0.2, 0.25) is 19.6 Å². The molecule has 34 heavy (non-hydrogen) atoms. The van der Waals surface area contributed by atoms with E-state index in [-0.39, 0.29) is 0 Å². The summed E-state index contributed by atoms with van der Waals surface area (Å²) in [6, 6.07) is 0. The van der Waals surface area contributed by atoms with E-state index in [0.29, 0.717) is 112 Å². The van der Waals surface area contributed by atoms with Crippen molar-refractivity contribution in [1.82, 2.24) is 0 Å². The van der Waals surface area contributed by atoms with Crippen LogP contribution in [0.5, 0.6) is 0 Å². The molecule has 0 spiro atoms. The SMILES string of the molecule is CCC(C)COCCOCCOCCOCCOCCOCCOCCOCCO[Si](C)(C)C. The zero-order valence-electron chi connectivity index (χ0n) is 22.5. The quantitative estimate of drug-likeness (QED) is 0.116. The highest BCUT2D eigenvalue weighted by Crippen LogP contribution is 2.01. The lowest BCUT2D eigenvalue weighted by atomic mass is 10.1. The Morgan fingerprint density at radius 3 is 0.971 bits per heavy atom. The van der Waals surface area contributed by atoms with Crippen molar-refractivity contribution in [2.24, 2.45) is 5.92 Å². The Hall–Kier alpha value is -0.143. The van der Waals surface area contributed by atoms with Crippen LogP contribution in [0.4, 0.5) is 0 Å². The van der Waals surface area contributed by atoms with E-state index in [1.165, 1.54) is 0 Å². The second-order valence-corrected chi connectivity index (χ2v) is 13.3. The minimum Gasteiger partial charge on any atom is -0.415 e. The fourth-order valence-electron chi connectivity index (χ4n) is 2.35. The largest absolute Gasteiger partial charge is 0.415 e. The third-order valence-electron chi connectivity index (χ3n) is 4.47. The first-order valence-corrected chi connectivity index (χ1v) is 16.1. The van der Waals surface area contributed by atoms with Gasteiger partial charge in [0.2, 0.25) is 0 Å². The lowest BCUT2D eigenvalue weighted by molar-refractivity contribution is -0.0243. The number of ether oxygens (including phenoxy) is 8. The average molecular weight is 513 g/mol. The van der Waals surface area contributed by atoms with E-state index < -0.39 is 8.32 Å². The fourth-order valence-corrected chi connectivity index (χ4v) is 3.04. The smallest absolute Gasteiger partial charge is 0.183 e. The molecule has 0 radical (unpaired) electrons. The first kappa shape index (κ1) is 33.9. The molecule has 206 valence electrons. The molecular formula is C24H52O9Si. The Morgan fingerprint density at radius 2 is 0.706 bits per heavy atom. The lowest BCUT2D eigenvalue weighted by Gasteiger charge is -2.16. The summed E-state index contributed by atoms with van der Waals surface area (Å²) in [6.07, 6.45) is 1.14. The molecule has 0 fully saturated rings. The molecule has 0 N–H and O–H groups in total. The van der Waals surface area contributed by atoms with Crippen molar-refractivity contribution in [1.29, 1.82) is 0 Å². The minimum atomic E-state index is -1.44. The van der Waals surface area contributed by atoms with Gasteiger partial charge in [-0.05, 0) is 25.6 Å². The molecule has 0 aromatic carbocycles. The van der Waals surface area contributed by atoms with E-state index in [0.717, 1.165) is 13.0 Å². The molecule has 1 unspecified atom stereocenters. The normalized spacial score (nSPS) is 13.0. The summed E-state index contributed by atoms with van der Waals surface area (Å²) in [7, 11) is -1.44. The van der Waals surface area contributed by atoms with Gasteiger partial charge in [0.05, 0.1) is 106 Å². The maximum atomic E-state index is 5.71. The van der Waals surface area contributed by atoms with Crippen molar-refractivity contribution in [3.05, 3.63) is 0 Å². The Labute approximate surface area is 209 Å². The van der Waals surface area contributed by atoms with Crippen molar-refractivity contribution >= 4 is 8.32 Å². The van der Waals surface area contributed by atoms with Crippen LogP contribution in [-0.4, -0.2) is 121 Å². The van der Waals surface area contributed by atoms with Gasteiger partial charge in [-0.3, -0.25) is 0 Å². The summed E-state index contributed by atoms with van der Waals surface area (Å²) in [5.41, 5.74) is 0. The van der Waals surface area contributed by atoms with E-state index in [4.69, 9.17) is 42.3 Å². The molecule has 0 aliphatic rings. The predicted octanol–water partition coefficient (Wildman–Crippen LogP) is 3.02. The monoisotopic (exact) mass is 512 g/mol. The summed E-state index contributed by atoms with van der Waals surface area (Å²) < 4.78 is 49.4. The maximum absolute atomic E-state index is 5.71. The fraction of sp³-hybridized carbons (Fsp3) is 1.00. The van der Waals surface area contributed by atoms with E-state index in [1.54, 1.807) is 0 Å². The molecule has 0 amide bonds. The maximum Gasteiger partial charge on any atom is 0.183 e. The first-order chi connectivity index (χ1) is 16.5. The van der Waals surface area contributed by atoms with Crippen molar-refractivity contribution in [2.75, 3.05) is 112 Å². The standard InChI is InChI=1S/C24H52O9Si/c1-6-24(2)23-32-20-19-30-16-15-28-12-11-26-8-7-25-9-10-27-13-14-29-17-18-31-21-22-33-34(3,4)5/h24H,6-23H2,1-5H3. The number of hydrogen-bond donors (Lipinski definition) is 0.